The molecular weight excluding hydrogens is 348 g/mol. The molecule has 0 saturated heterocycles. The van der Waals surface area contributed by atoms with Crippen molar-refractivity contribution in [2.75, 3.05) is 17.1 Å². The number of nitrogens with zero attached hydrogens (tertiary/aromatic N) is 1. The summed E-state index contributed by atoms with van der Waals surface area (Å²) in [5.74, 6) is 1.04. The molecule has 0 aromatic heterocycles. The molecule has 1 aromatic carbocycles. The molecule has 2 saturated carbocycles. The van der Waals surface area contributed by atoms with Crippen LogP contribution < -0.4 is 9.62 Å². The third kappa shape index (κ3) is 3.70. The maximum atomic E-state index is 12.4. The van der Waals surface area contributed by atoms with Gasteiger partial charge in [-0.25, -0.2) is 8.42 Å². The van der Waals surface area contributed by atoms with Crippen LogP contribution in [0.4, 0.5) is 5.69 Å². The lowest BCUT2D eigenvalue weighted by Crippen LogP contribution is -2.45. The fourth-order valence-electron chi connectivity index (χ4n) is 4.08. The fraction of sp³-hybridized carbons (Fsp3) is 0.588. The molecular formula is C17H23ClN2O3S. The maximum Gasteiger partial charge on any atom is 0.241 e. The summed E-state index contributed by atoms with van der Waals surface area (Å²) < 4.78 is 25.5. The highest BCUT2D eigenvalue weighted by Crippen LogP contribution is 2.44. The van der Waals surface area contributed by atoms with E-state index in [2.05, 4.69) is 5.32 Å². The maximum absolute atomic E-state index is 12.4. The summed E-state index contributed by atoms with van der Waals surface area (Å²) in [6.07, 6.45) is 5.76. The second-order valence-corrected chi connectivity index (χ2v) is 9.39. The standard InChI is InChI=1S/C17H23ClN2O3S/c1-11-7-14(18)5-6-16(11)20(24(2,22)23)10-17(21)19-15-9-12-3-4-13(15)8-12/h5-7,12-13,15H,3-4,8-10H2,1-2H3,(H,19,21)/t12-,13-,15+/m0/s1. The number of benzene rings is 1. The van der Waals surface area contributed by atoms with Gasteiger partial charge in [0.25, 0.3) is 0 Å². The van der Waals surface area contributed by atoms with Crippen LogP contribution in [0, 0.1) is 18.8 Å². The Hall–Kier alpha value is -1.27. The summed E-state index contributed by atoms with van der Waals surface area (Å²) in [5.41, 5.74) is 1.21. The number of hydrogen-bond acceptors (Lipinski definition) is 3. The molecule has 1 aromatic rings. The molecule has 0 spiro atoms. The third-order valence-corrected chi connectivity index (χ3v) is 6.56. The van der Waals surface area contributed by atoms with E-state index in [0.29, 0.717) is 16.6 Å². The first-order valence-corrected chi connectivity index (χ1v) is 10.5. The molecule has 24 heavy (non-hydrogen) atoms. The second-order valence-electron chi connectivity index (χ2n) is 7.05. The Kier molecular flexibility index (Phi) is 4.80. The zero-order valence-corrected chi connectivity index (χ0v) is 15.5. The summed E-state index contributed by atoms with van der Waals surface area (Å²) in [6, 6.07) is 5.17. The molecule has 2 aliphatic carbocycles. The normalized spacial score (nSPS) is 25.7. The van der Waals surface area contributed by atoms with Gasteiger partial charge in [0, 0.05) is 11.1 Å². The van der Waals surface area contributed by atoms with E-state index in [1.54, 1.807) is 25.1 Å². The minimum atomic E-state index is -3.56. The van der Waals surface area contributed by atoms with Gasteiger partial charge in [0.1, 0.15) is 6.54 Å². The molecule has 3 rings (SSSR count). The highest BCUT2D eigenvalue weighted by Gasteiger charge is 2.40. The van der Waals surface area contributed by atoms with Crippen LogP contribution in [-0.2, 0) is 14.8 Å². The van der Waals surface area contributed by atoms with Crippen LogP contribution in [0.5, 0.6) is 0 Å². The number of rotatable bonds is 5. The monoisotopic (exact) mass is 370 g/mol. The first kappa shape index (κ1) is 17.5. The van der Waals surface area contributed by atoms with E-state index in [1.807, 2.05) is 0 Å². The van der Waals surface area contributed by atoms with Crippen LogP contribution >= 0.6 is 11.6 Å². The van der Waals surface area contributed by atoms with Gasteiger partial charge in [0.2, 0.25) is 15.9 Å². The van der Waals surface area contributed by atoms with Crippen molar-refractivity contribution in [3.05, 3.63) is 28.8 Å². The van der Waals surface area contributed by atoms with Crippen molar-refractivity contribution in [1.82, 2.24) is 5.32 Å². The summed E-state index contributed by atoms with van der Waals surface area (Å²) in [7, 11) is -3.56. The van der Waals surface area contributed by atoms with Crippen molar-refractivity contribution < 1.29 is 13.2 Å². The van der Waals surface area contributed by atoms with E-state index in [1.165, 1.54) is 19.3 Å². The molecule has 7 heteroatoms. The van der Waals surface area contributed by atoms with Crippen molar-refractivity contribution in [1.29, 1.82) is 0 Å². The number of amides is 1. The van der Waals surface area contributed by atoms with Gasteiger partial charge in [0.15, 0.2) is 0 Å². The fourth-order valence-corrected chi connectivity index (χ4v) is 5.22. The van der Waals surface area contributed by atoms with Gasteiger partial charge >= 0.3 is 0 Å². The van der Waals surface area contributed by atoms with Crippen molar-refractivity contribution in [3.8, 4) is 0 Å². The highest BCUT2D eigenvalue weighted by molar-refractivity contribution is 7.92. The first-order valence-electron chi connectivity index (χ1n) is 8.27. The predicted molar refractivity (Wildman–Crippen MR) is 95.8 cm³/mol. The SMILES string of the molecule is Cc1cc(Cl)ccc1N(CC(=O)N[C@@H]1C[C@H]2CC[C@H]1C2)S(C)(=O)=O. The van der Waals surface area contributed by atoms with E-state index < -0.39 is 10.0 Å². The molecule has 2 aliphatic rings. The number of sulfonamides is 1. The van der Waals surface area contributed by atoms with E-state index in [9.17, 15) is 13.2 Å². The Labute approximate surface area is 148 Å². The highest BCUT2D eigenvalue weighted by atomic mass is 35.5. The molecule has 0 aliphatic heterocycles. The van der Waals surface area contributed by atoms with Crippen LogP contribution in [0.3, 0.4) is 0 Å². The van der Waals surface area contributed by atoms with E-state index >= 15 is 0 Å². The van der Waals surface area contributed by atoms with Crippen molar-refractivity contribution in [3.63, 3.8) is 0 Å². The molecule has 2 fully saturated rings. The predicted octanol–water partition coefficient (Wildman–Crippen LogP) is 2.72. The lowest BCUT2D eigenvalue weighted by atomic mass is 9.95. The Morgan fingerprint density at radius 2 is 2.08 bits per heavy atom. The Bertz CT molecular complexity index is 750. The van der Waals surface area contributed by atoms with Crippen molar-refractivity contribution in [2.45, 2.75) is 38.6 Å². The van der Waals surface area contributed by atoms with Gasteiger partial charge in [-0.05, 0) is 61.8 Å². The summed E-state index contributed by atoms with van der Waals surface area (Å²) in [5, 5.41) is 3.58. The Morgan fingerprint density at radius 1 is 1.33 bits per heavy atom. The van der Waals surface area contributed by atoms with Crippen LogP contribution in [-0.4, -0.2) is 33.2 Å². The van der Waals surface area contributed by atoms with Gasteiger partial charge in [-0.1, -0.05) is 18.0 Å². The minimum absolute atomic E-state index is 0.198. The van der Waals surface area contributed by atoms with Gasteiger partial charge in [-0.3, -0.25) is 9.10 Å². The third-order valence-electron chi connectivity index (χ3n) is 5.20. The minimum Gasteiger partial charge on any atom is -0.352 e. The average molecular weight is 371 g/mol. The zero-order valence-electron chi connectivity index (χ0n) is 14.0. The molecule has 0 unspecified atom stereocenters. The smallest absolute Gasteiger partial charge is 0.241 e. The number of halogens is 1. The Balaban J connectivity index is 1.74. The van der Waals surface area contributed by atoms with Crippen LogP contribution in [0.25, 0.3) is 0 Å². The second kappa shape index (κ2) is 6.56. The molecule has 5 nitrogen and oxygen atoms in total. The van der Waals surface area contributed by atoms with Gasteiger partial charge in [-0.15, -0.1) is 0 Å². The number of fused-ring (bicyclic) bond motifs is 2. The van der Waals surface area contributed by atoms with Gasteiger partial charge in [-0.2, -0.15) is 0 Å². The number of anilines is 1. The largest absolute Gasteiger partial charge is 0.352 e. The quantitative estimate of drug-likeness (QED) is 0.866. The first-order chi connectivity index (χ1) is 11.2. The molecule has 1 N–H and O–H groups in total. The molecule has 132 valence electrons. The van der Waals surface area contributed by atoms with Crippen molar-refractivity contribution >= 4 is 33.2 Å². The molecule has 3 atom stereocenters. The van der Waals surface area contributed by atoms with Gasteiger partial charge in [0.05, 0.1) is 11.9 Å². The van der Waals surface area contributed by atoms with Gasteiger partial charge < -0.3 is 5.32 Å². The topological polar surface area (TPSA) is 66.5 Å². The number of carbonyl (C=O) groups is 1. The summed E-state index contributed by atoms with van der Waals surface area (Å²) in [6.45, 7) is 1.59. The lowest BCUT2D eigenvalue weighted by molar-refractivity contribution is -0.120. The average Bonchev–Trinajstić information content (AvgIpc) is 3.07. The van der Waals surface area contributed by atoms with Crippen LogP contribution in [0.2, 0.25) is 5.02 Å². The summed E-state index contributed by atoms with van der Waals surface area (Å²) >= 11 is 5.94. The number of aryl methyl sites for hydroxylation is 1. The molecule has 2 bridgehead atoms. The Morgan fingerprint density at radius 3 is 2.62 bits per heavy atom. The molecule has 0 heterocycles. The van der Waals surface area contributed by atoms with E-state index in [0.717, 1.165) is 28.5 Å². The number of carbonyl (C=O) groups excluding carboxylic acids is 1. The van der Waals surface area contributed by atoms with E-state index in [4.69, 9.17) is 11.6 Å². The number of nitrogens with one attached hydrogen (secondary N) is 1. The van der Waals surface area contributed by atoms with E-state index in [-0.39, 0.29) is 18.5 Å². The number of hydrogen-bond donors (Lipinski definition) is 1. The van der Waals surface area contributed by atoms with Crippen molar-refractivity contribution in [2.24, 2.45) is 11.8 Å². The van der Waals surface area contributed by atoms with Crippen LogP contribution in [0.1, 0.15) is 31.2 Å². The summed E-state index contributed by atoms with van der Waals surface area (Å²) in [4.78, 5) is 12.4. The molecule has 1 amide bonds. The lowest BCUT2D eigenvalue weighted by Gasteiger charge is -2.27. The molecule has 0 radical (unpaired) electrons. The zero-order chi connectivity index (χ0) is 17.5. The van der Waals surface area contributed by atoms with Crippen LogP contribution in [0.15, 0.2) is 18.2 Å².